The Hall–Kier alpha value is -2.67. The molecule has 0 aromatic carbocycles. The first-order valence-electron chi connectivity index (χ1n) is 7.39. The Kier molecular flexibility index (Phi) is 5.04. The van der Waals surface area contributed by atoms with E-state index >= 15 is 0 Å². The number of ether oxygens (including phenoxy) is 2. The maximum atomic E-state index is 13.1. The van der Waals surface area contributed by atoms with Crippen LogP contribution in [0.1, 0.15) is 36.3 Å². The van der Waals surface area contributed by atoms with Crippen molar-refractivity contribution in [3.05, 3.63) is 29.6 Å². The molecule has 3 rings (SSSR count). The number of piperidine rings is 1. The molecule has 3 heterocycles. The van der Waals surface area contributed by atoms with Gasteiger partial charge in [-0.1, -0.05) is 0 Å². The van der Waals surface area contributed by atoms with Crippen molar-refractivity contribution in [1.82, 2.24) is 9.88 Å². The zero-order valence-electron chi connectivity index (χ0n) is 12.5. The van der Waals surface area contributed by atoms with Crippen molar-refractivity contribution in [3.63, 3.8) is 0 Å². The summed E-state index contributed by atoms with van der Waals surface area (Å²) in [6.07, 6.45) is -0.468. The van der Waals surface area contributed by atoms with Crippen LogP contribution < -0.4 is 0 Å². The summed E-state index contributed by atoms with van der Waals surface area (Å²) < 4.78 is 50.1. The first-order valence-corrected chi connectivity index (χ1v) is 7.39. The first kappa shape index (κ1) is 17.7. The summed E-state index contributed by atoms with van der Waals surface area (Å²) in [6.45, 7) is 0.858. The van der Waals surface area contributed by atoms with Crippen LogP contribution in [0.2, 0.25) is 0 Å². The van der Waals surface area contributed by atoms with E-state index in [1.807, 2.05) is 0 Å². The van der Waals surface area contributed by atoms with Gasteiger partial charge in [-0.15, -0.1) is 0 Å². The third-order valence-corrected chi connectivity index (χ3v) is 4.30. The van der Waals surface area contributed by atoms with Gasteiger partial charge in [0.2, 0.25) is 0 Å². The maximum absolute atomic E-state index is 13.1. The minimum absolute atomic E-state index is 0. The minimum Gasteiger partial charge on any atom is -0.520 e. The number of hydrogen-bond donors (Lipinski definition) is 0. The number of carbonyl (C=O) groups excluding carboxylic acids is 1. The number of likely N-dealkylation sites (tertiary alicyclic amines) is 1. The zero-order chi connectivity index (χ0) is 16.4. The SMILES string of the molecule is O=[C-]N1CCC(C(F)(F)F)CC1c1cnccc1C1OCCO1.[Fm]. The van der Waals surface area contributed by atoms with Crippen LogP contribution in [0.4, 0.5) is 13.2 Å². The molecule has 0 spiro atoms. The molecule has 0 N–H and O–H groups in total. The van der Waals surface area contributed by atoms with Crippen LogP contribution in [0.5, 0.6) is 0 Å². The number of pyridine rings is 1. The van der Waals surface area contributed by atoms with Gasteiger partial charge in [-0.3, -0.25) is 4.98 Å². The molecule has 24 heavy (non-hydrogen) atoms. The molecule has 0 bridgehead atoms. The van der Waals surface area contributed by atoms with Crippen molar-refractivity contribution in [1.29, 1.82) is 0 Å². The number of aromatic nitrogens is 1. The summed E-state index contributed by atoms with van der Waals surface area (Å²) in [7, 11) is 0. The standard InChI is InChI=1S/C15H16F3N2O3.Fm/c16-15(17,18)10-2-4-20(9-21)13(7-10)12-8-19-3-1-11(12)14-22-5-6-23-14;/h1,3,8,10,13-14H,2,4-7H2;/q-1;. The second-order valence-electron chi connectivity index (χ2n) is 5.64. The molecule has 0 aliphatic carbocycles. The first-order chi connectivity index (χ1) is 11.0. The van der Waals surface area contributed by atoms with E-state index in [-0.39, 0.29) is 19.4 Å². The van der Waals surface area contributed by atoms with E-state index in [1.54, 1.807) is 12.5 Å². The average molecular weight is 586 g/mol. The van der Waals surface area contributed by atoms with E-state index in [0.717, 1.165) is 0 Å². The van der Waals surface area contributed by atoms with Gasteiger partial charge in [0.15, 0.2) is 6.29 Å². The molecule has 2 fully saturated rings. The Bertz CT molecular complexity index is 567. The van der Waals surface area contributed by atoms with E-state index < -0.39 is 24.4 Å². The second-order valence-corrected chi connectivity index (χ2v) is 5.64. The van der Waals surface area contributed by atoms with Crippen molar-refractivity contribution >= 4 is 6.41 Å². The Balaban J connectivity index is 0.00000208. The molecule has 1 aromatic rings. The van der Waals surface area contributed by atoms with Gasteiger partial charge < -0.3 is 19.2 Å². The van der Waals surface area contributed by atoms with E-state index in [0.29, 0.717) is 24.3 Å². The molecule has 5 nitrogen and oxygen atoms in total. The Morgan fingerprint density at radius 3 is 2.58 bits per heavy atom. The number of alkyl halides is 3. The minimum atomic E-state index is -4.28. The predicted octanol–water partition coefficient (Wildman–Crippen LogP) is 2.51. The molecule has 1 aromatic heterocycles. The third-order valence-electron chi connectivity index (χ3n) is 4.30. The van der Waals surface area contributed by atoms with E-state index in [9.17, 15) is 18.0 Å². The zero-order valence-corrected chi connectivity index (χ0v) is 14.9. The molecular formula is C15H16F3FmN2O3-. The van der Waals surface area contributed by atoms with Crippen LogP contribution in [0.15, 0.2) is 18.5 Å². The van der Waals surface area contributed by atoms with Crippen LogP contribution in [0.3, 0.4) is 0 Å². The van der Waals surface area contributed by atoms with Gasteiger partial charge in [0.1, 0.15) is 0 Å². The molecule has 2 aliphatic rings. The number of halogens is 3. The van der Waals surface area contributed by atoms with Gasteiger partial charge in [-0.25, -0.2) is 0 Å². The van der Waals surface area contributed by atoms with Crippen molar-refractivity contribution in [2.24, 2.45) is 5.92 Å². The van der Waals surface area contributed by atoms with Crippen LogP contribution in [-0.2, 0) is 14.3 Å². The van der Waals surface area contributed by atoms with Gasteiger partial charge in [-0.2, -0.15) is 19.6 Å². The summed E-state index contributed by atoms with van der Waals surface area (Å²) in [4.78, 5) is 16.4. The average Bonchev–Trinajstić information content (AvgIpc) is 3.07. The fourth-order valence-electron chi connectivity index (χ4n) is 3.12. The molecule has 9 heteroatoms. The molecular weight excluding hydrogens is 570 g/mol. The van der Waals surface area contributed by atoms with Crippen molar-refractivity contribution in [2.45, 2.75) is 31.3 Å². The Morgan fingerprint density at radius 2 is 1.96 bits per heavy atom. The van der Waals surface area contributed by atoms with Crippen molar-refractivity contribution < 1.29 is 27.4 Å². The van der Waals surface area contributed by atoms with E-state index in [4.69, 9.17) is 9.47 Å². The Labute approximate surface area is 131 Å². The van der Waals surface area contributed by atoms with Crippen molar-refractivity contribution in [2.75, 3.05) is 19.8 Å². The maximum Gasteiger partial charge on any atom is 0.391 e. The molecule has 2 saturated heterocycles. The monoisotopic (exact) mass is 586 g/mol. The van der Waals surface area contributed by atoms with Crippen molar-refractivity contribution in [3.8, 4) is 0 Å². The summed E-state index contributed by atoms with van der Waals surface area (Å²) in [6, 6.07) is 0.926. The fraction of sp³-hybridized carbons (Fsp3) is 0.600. The third kappa shape index (κ3) is 3.30. The Morgan fingerprint density at radius 1 is 1.25 bits per heavy atom. The van der Waals surface area contributed by atoms with Crippen LogP contribution >= 0.6 is 0 Å². The van der Waals surface area contributed by atoms with Crippen LogP contribution in [0, 0.1) is 5.92 Å². The van der Waals surface area contributed by atoms with E-state index in [1.165, 1.54) is 17.3 Å². The number of amides is 1. The smallest absolute Gasteiger partial charge is 0.391 e. The predicted molar refractivity (Wildman–Crippen MR) is 72.8 cm³/mol. The summed E-state index contributed by atoms with van der Waals surface area (Å²) in [5.74, 6) is -1.45. The van der Waals surface area contributed by atoms with Crippen LogP contribution in [-0.4, -0.2) is 42.2 Å². The van der Waals surface area contributed by atoms with Gasteiger partial charge in [0.05, 0.1) is 19.1 Å². The summed E-state index contributed by atoms with van der Waals surface area (Å²) in [5.41, 5.74) is 1.14. The number of hydrogen-bond acceptors (Lipinski definition) is 4. The normalized spacial score (nSPS) is 25.4. The molecule has 2 unspecified atom stereocenters. The largest absolute Gasteiger partial charge is 0.520 e. The molecule has 0 saturated carbocycles. The molecule has 1 amide bonds. The second kappa shape index (κ2) is 6.84. The van der Waals surface area contributed by atoms with Gasteiger partial charge in [0, 0.05) is 24.0 Å². The molecule has 0 radical (unpaired) electrons. The van der Waals surface area contributed by atoms with Gasteiger partial charge >= 0.3 is 6.18 Å². The number of nitrogens with zero attached hydrogens (tertiary/aromatic N) is 2. The fourth-order valence-corrected chi connectivity index (χ4v) is 3.12. The van der Waals surface area contributed by atoms with E-state index in [2.05, 4.69) is 4.98 Å². The summed E-state index contributed by atoms with van der Waals surface area (Å²) >= 11 is 0. The summed E-state index contributed by atoms with van der Waals surface area (Å²) in [5, 5.41) is 0. The van der Waals surface area contributed by atoms with Gasteiger partial charge in [-0.05, 0) is 31.0 Å². The number of rotatable bonds is 3. The molecule has 138 valence electrons. The van der Waals surface area contributed by atoms with Crippen LogP contribution in [0.25, 0.3) is 0 Å². The molecule has 2 atom stereocenters. The van der Waals surface area contributed by atoms with Gasteiger partial charge in [0.25, 0.3) is 0 Å². The quantitative estimate of drug-likeness (QED) is 0.512. The molecule has 2 aliphatic heterocycles. The topological polar surface area (TPSA) is 51.7 Å².